The summed E-state index contributed by atoms with van der Waals surface area (Å²) in [6, 6.07) is -0.529. The maximum atomic E-state index is 12.3. The molecule has 2 atom stereocenters. The molecule has 1 amide bonds. The number of nitrogens with one attached hydrogen (secondary N) is 1. The van der Waals surface area contributed by atoms with E-state index >= 15 is 0 Å². The Hall–Kier alpha value is -0.610. The minimum Gasteiger partial charge on any atom is -0.394 e. The van der Waals surface area contributed by atoms with E-state index in [4.69, 9.17) is 0 Å². The molecule has 0 aromatic carbocycles. The minimum atomic E-state index is -0.653. The lowest BCUT2D eigenvalue weighted by molar-refractivity contribution is -0.123. The summed E-state index contributed by atoms with van der Waals surface area (Å²) >= 11 is 0. The Morgan fingerprint density at radius 1 is 0.512 bits per heavy atom. The van der Waals surface area contributed by atoms with Crippen molar-refractivity contribution in [3.8, 4) is 0 Å². The first-order valence-electron chi connectivity index (χ1n) is 19.6. The summed E-state index contributed by atoms with van der Waals surface area (Å²) in [4.78, 5) is 12.3. The molecule has 4 nitrogen and oxygen atoms in total. The molecule has 0 spiro atoms. The van der Waals surface area contributed by atoms with Crippen molar-refractivity contribution in [1.82, 2.24) is 5.32 Å². The summed E-state index contributed by atoms with van der Waals surface area (Å²) in [6.45, 7) is 6.70. The van der Waals surface area contributed by atoms with Crippen LogP contribution >= 0.6 is 0 Å². The van der Waals surface area contributed by atoms with Gasteiger partial charge in [-0.15, -0.1) is 0 Å². The highest BCUT2D eigenvalue weighted by Crippen LogP contribution is 2.16. The number of aliphatic hydroxyl groups excluding tert-OH is 2. The fourth-order valence-corrected chi connectivity index (χ4v) is 6.25. The molecule has 0 aliphatic carbocycles. The molecule has 0 bridgehead atoms. The predicted molar refractivity (Wildman–Crippen MR) is 189 cm³/mol. The summed E-state index contributed by atoms with van der Waals surface area (Å²) in [5.74, 6) is 0.802. The van der Waals surface area contributed by atoms with Gasteiger partial charge in [-0.25, -0.2) is 0 Å². The van der Waals surface area contributed by atoms with Crippen LogP contribution in [-0.2, 0) is 4.79 Å². The lowest BCUT2D eigenvalue weighted by Gasteiger charge is -2.22. The zero-order chi connectivity index (χ0) is 31.6. The van der Waals surface area contributed by atoms with Gasteiger partial charge in [0.2, 0.25) is 5.91 Å². The minimum absolute atomic E-state index is 0.0292. The van der Waals surface area contributed by atoms with Crippen molar-refractivity contribution < 1.29 is 15.0 Å². The molecule has 0 heterocycles. The van der Waals surface area contributed by atoms with Crippen molar-refractivity contribution in [3.63, 3.8) is 0 Å². The molecule has 0 rings (SSSR count). The number of carbonyl (C=O) groups excluding carboxylic acids is 1. The molecule has 0 radical (unpaired) electrons. The van der Waals surface area contributed by atoms with Crippen molar-refractivity contribution in [2.75, 3.05) is 6.61 Å². The zero-order valence-corrected chi connectivity index (χ0v) is 29.7. The van der Waals surface area contributed by atoms with Gasteiger partial charge in [0.05, 0.1) is 18.8 Å². The Morgan fingerprint density at radius 2 is 0.837 bits per heavy atom. The second kappa shape index (κ2) is 34.3. The quantitative estimate of drug-likeness (QED) is 0.0626. The van der Waals surface area contributed by atoms with Crippen LogP contribution < -0.4 is 5.32 Å². The maximum absolute atomic E-state index is 12.3. The van der Waals surface area contributed by atoms with Gasteiger partial charge >= 0.3 is 0 Å². The van der Waals surface area contributed by atoms with E-state index in [-0.39, 0.29) is 12.5 Å². The van der Waals surface area contributed by atoms with Gasteiger partial charge in [-0.1, -0.05) is 201 Å². The van der Waals surface area contributed by atoms with Gasteiger partial charge in [0.15, 0.2) is 0 Å². The summed E-state index contributed by atoms with van der Waals surface area (Å²) < 4.78 is 0. The normalized spacial score (nSPS) is 13.1. The van der Waals surface area contributed by atoms with E-state index < -0.39 is 12.1 Å². The highest BCUT2D eigenvalue weighted by atomic mass is 16.3. The zero-order valence-electron chi connectivity index (χ0n) is 29.7. The average Bonchev–Trinajstić information content (AvgIpc) is 2.99. The van der Waals surface area contributed by atoms with Gasteiger partial charge in [-0.2, -0.15) is 0 Å². The number of hydrogen-bond donors (Lipinski definition) is 3. The first-order valence-corrected chi connectivity index (χ1v) is 19.6. The molecule has 43 heavy (non-hydrogen) atoms. The standard InChI is InChI=1S/C39H79NO3/c1-4-5-6-7-8-9-10-11-12-13-14-15-16-17-18-22-25-28-31-34-39(43)40-37(35-41)38(42)33-30-27-24-21-19-20-23-26-29-32-36(2)3/h36-38,41-42H,4-35H2,1-3H3,(H,40,43)/t37-,38+/m0/s1. The number of unbranched alkanes of at least 4 members (excludes halogenated alkanes) is 26. The molecule has 258 valence electrons. The molecule has 0 aromatic rings. The second-order valence-electron chi connectivity index (χ2n) is 14.2. The Balaban J connectivity index is 3.49. The summed E-state index contributed by atoms with van der Waals surface area (Å²) in [6.07, 6.45) is 38.8. The molecule has 0 saturated carbocycles. The lowest BCUT2D eigenvalue weighted by atomic mass is 10.0. The molecular formula is C39H79NO3. The van der Waals surface area contributed by atoms with Gasteiger partial charge in [0.25, 0.3) is 0 Å². The van der Waals surface area contributed by atoms with Crippen LogP contribution in [0, 0.1) is 5.92 Å². The van der Waals surface area contributed by atoms with Crippen LogP contribution in [0.15, 0.2) is 0 Å². The third-order valence-electron chi connectivity index (χ3n) is 9.30. The van der Waals surface area contributed by atoms with E-state index in [1.165, 1.54) is 161 Å². The van der Waals surface area contributed by atoms with Gasteiger partial charge in [0.1, 0.15) is 0 Å². The van der Waals surface area contributed by atoms with E-state index in [1.54, 1.807) is 0 Å². The SMILES string of the molecule is CCCCCCCCCCCCCCCCCCCCCC(=O)N[C@@H](CO)[C@H](O)CCCCCCCCCCCC(C)C. The van der Waals surface area contributed by atoms with Gasteiger partial charge < -0.3 is 15.5 Å². The van der Waals surface area contributed by atoms with Crippen LogP contribution in [0.5, 0.6) is 0 Å². The molecule has 0 aromatic heterocycles. The van der Waals surface area contributed by atoms with Gasteiger partial charge in [0, 0.05) is 6.42 Å². The highest BCUT2D eigenvalue weighted by Gasteiger charge is 2.19. The largest absolute Gasteiger partial charge is 0.394 e. The molecular weight excluding hydrogens is 530 g/mol. The van der Waals surface area contributed by atoms with Crippen LogP contribution in [0.3, 0.4) is 0 Å². The number of aliphatic hydroxyl groups is 2. The first kappa shape index (κ1) is 42.4. The fraction of sp³-hybridized carbons (Fsp3) is 0.974. The van der Waals surface area contributed by atoms with E-state index in [1.807, 2.05) is 0 Å². The number of rotatable bonds is 35. The summed E-state index contributed by atoms with van der Waals surface area (Å²) in [5.41, 5.74) is 0. The van der Waals surface area contributed by atoms with Crippen molar-refractivity contribution in [3.05, 3.63) is 0 Å². The molecule has 0 saturated heterocycles. The van der Waals surface area contributed by atoms with Crippen molar-refractivity contribution in [2.24, 2.45) is 5.92 Å². The van der Waals surface area contributed by atoms with Crippen LogP contribution in [0.1, 0.15) is 220 Å². The van der Waals surface area contributed by atoms with Crippen LogP contribution in [0.2, 0.25) is 0 Å². The first-order chi connectivity index (χ1) is 21.0. The summed E-state index contributed by atoms with van der Waals surface area (Å²) in [5, 5.41) is 23.1. The number of hydrogen-bond acceptors (Lipinski definition) is 3. The number of amides is 1. The molecule has 4 heteroatoms. The maximum Gasteiger partial charge on any atom is 0.220 e. The molecule has 0 aliphatic rings. The van der Waals surface area contributed by atoms with Crippen molar-refractivity contribution in [1.29, 1.82) is 0 Å². The van der Waals surface area contributed by atoms with E-state index in [0.717, 1.165) is 31.6 Å². The monoisotopic (exact) mass is 610 g/mol. The van der Waals surface area contributed by atoms with E-state index in [9.17, 15) is 15.0 Å². The smallest absolute Gasteiger partial charge is 0.220 e. The van der Waals surface area contributed by atoms with E-state index in [2.05, 4.69) is 26.1 Å². The van der Waals surface area contributed by atoms with Crippen molar-refractivity contribution >= 4 is 5.91 Å². The molecule has 0 aliphatic heterocycles. The predicted octanol–water partition coefficient (Wildman–Crippen LogP) is 11.6. The van der Waals surface area contributed by atoms with Gasteiger partial charge in [-0.05, 0) is 18.8 Å². The summed E-state index contributed by atoms with van der Waals surface area (Å²) in [7, 11) is 0. The Labute approximate surface area is 270 Å². The topological polar surface area (TPSA) is 69.6 Å². The fourth-order valence-electron chi connectivity index (χ4n) is 6.25. The van der Waals surface area contributed by atoms with Crippen LogP contribution in [0.25, 0.3) is 0 Å². The third kappa shape index (κ3) is 32.6. The molecule has 0 unspecified atom stereocenters. The Morgan fingerprint density at radius 3 is 1.19 bits per heavy atom. The third-order valence-corrected chi connectivity index (χ3v) is 9.30. The van der Waals surface area contributed by atoms with E-state index in [0.29, 0.717) is 12.8 Å². The number of carbonyl (C=O) groups is 1. The van der Waals surface area contributed by atoms with Crippen LogP contribution in [0.4, 0.5) is 0 Å². The highest BCUT2D eigenvalue weighted by molar-refractivity contribution is 5.76. The molecule has 0 fully saturated rings. The lowest BCUT2D eigenvalue weighted by Crippen LogP contribution is -2.45. The average molecular weight is 610 g/mol. The van der Waals surface area contributed by atoms with Crippen LogP contribution in [-0.4, -0.2) is 34.9 Å². The second-order valence-corrected chi connectivity index (χ2v) is 14.2. The van der Waals surface area contributed by atoms with Crippen molar-refractivity contribution in [2.45, 2.75) is 232 Å². The Kier molecular flexibility index (Phi) is 33.8. The Bertz CT molecular complexity index is 553. The van der Waals surface area contributed by atoms with Gasteiger partial charge in [-0.3, -0.25) is 4.79 Å². The molecule has 3 N–H and O–H groups in total.